The summed E-state index contributed by atoms with van der Waals surface area (Å²) < 4.78 is 5.46. The van der Waals surface area contributed by atoms with Crippen LogP contribution in [0.2, 0.25) is 0 Å². The molecule has 1 saturated heterocycles. The van der Waals surface area contributed by atoms with Gasteiger partial charge < -0.3 is 4.74 Å². The van der Waals surface area contributed by atoms with Crippen molar-refractivity contribution in [2.45, 2.75) is 25.9 Å². The van der Waals surface area contributed by atoms with Crippen LogP contribution in [-0.2, 0) is 4.74 Å². The lowest BCUT2D eigenvalue weighted by Crippen LogP contribution is -2.05. The number of ether oxygens (including phenoxy) is 1. The molecule has 0 aromatic carbocycles. The predicted molar refractivity (Wildman–Crippen MR) is 41.9 cm³/mol. The van der Waals surface area contributed by atoms with Crippen LogP contribution in [0.5, 0.6) is 0 Å². The monoisotopic (exact) mass is 192 g/mol. The van der Waals surface area contributed by atoms with Crippen LogP contribution < -0.4 is 0 Å². The molecule has 1 nitrogen and oxygen atoms in total. The molecule has 0 saturated carbocycles. The van der Waals surface area contributed by atoms with E-state index >= 15 is 0 Å². The minimum Gasteiger partial charge on any atom is -0.377 e. The van der Waals surface area contributed by atoms with E-state index in [-0.39, 0.29) is 0 Å². The highest BCUT2D eigenvalue weighted by molar-refractivity contribution is 9.09. The topological polar surface area (TPSA) is 9.23 Å². The average molecular weight is 193 g/mol. The van der Waals surface area contributed by atoms with Gasteiger partial charge in [-0.25, -0.2) is 0 Å². The van der Waals surface area contributed by atoms with Crippen molar-refractivity contribution in [3.05, 3.63) is 0 Å². The van der Waals surface area contributed by atoms with Crippen LogP contribution in [0.3, 0.4) is 0 Å². The largest absolute Gasteiger partial charge is 0.377 e. The molecule has 9 heavy (non-hydrogen) atoms. The lowest BCUT2D eigenvalue weighted by atomic mass is 10.0. The SMILES string of the molecule is CC[C@H]1CO[C@@H](CBr)C1. The van der Waals surface area contributed by atoms with E-state index in [1.165, 1.54) is 12.8 Å². The van der Waals surface area contributed by atoms with Crippen LogP contribution in [0, 0.1) is 5.92 Å². The zero-order valence-corrected chi connectivity index (χ0v) is 7.36. The van der Waals surface area contributed by atoms with E-state index in [2.05, 4.69) is 22.9 Å². The summed E-state index contributed by atoms with van der Waals surface area (Å²) in [5, 5.41) is 1.00. The summed E-state index contributed by atoms with van der Waals surface area (Å²) in [6, 6.07) is 0. The van der Waals surface area contributed by atoms with E-state index in [1.54, 1.807) is 0 Å². The molecule has 0 N–H and O–H groups in total. The highest BCUT2D eigenvalue weighted by Gasteiger charge is 2.22. The molecule has 1 heterocycles. The fourth-order valence-electron chi connectivity index (χ4n) is 1.17. The molecule has 0 aromatic heterocycles. The molecule has 54 valence electrons. The Balaban J connectivity index is 2.20. The molecule has 0 radical (unpaired) electrons. The third kappa shape index (κ3) is 1.94. The summed E-state index contributed by atoms with van der Waals surface area (Å²) in [6.45, 7) is 3.21. The Bertz CT molecular complexity index is 75.0. The lowest BCUT2D eigenvalue weighted by molar-refractivity contribution is 0.124. The van der Waals surface area contributed by atoms with Gasteiger partial charge >= 0.3 is 0 Å². The molecule has 1 aliphatic rings. The van der Waals surface area contributed by atoms with Crippen LogP contribution >= 0.6 is 15.9 Å². The summed E-state index contributed by atoms with van der Waals surface area (Å²) in [5.41, 5.74) is 0. The second-order valence-corrected chi connectivity index (χ2v) is 3.27. The number of halogens is 1. The molecule has 1 aliphatic heterocycles. The molecular formula is C7H13BrO. The molecule has 1 fully saturated rings. The van der Waals surface area contributed by atoms with E-state index in [0.29, 0.717) is 6.10 Å². The molecular weight excluding hydrogens is 180 g/mol. The van der Waals surface area contributed by atoms with Gasteiger partial charge in [-0.1, -0.05) is 29.3 Å². The van der Waals surface area contributed by atoms with Gasteiger partial charge in [0.15, 0.2) is 0 Å². The molecule has 1 rings (SSSR count). The summed E-state index contributed by atoms with van der Waals surface area (Å²) in [6.07, 6.45) is 3.01. The van der Waals surface area contributed by atoms with Crippen molar-refractivity contribution >= 4 is 15.9 Å². The molecule has 2 atom stereocenters. The zero-order chi connectivity index (χ0) is 6.69. The maximum Gasteiger partial charge on any atom is 0.0675 e. The smallest absolute Gasteiger partial charge is 0.0675 e. The van der Waals surface area contributed by atoms with Gasteiger partial charge in [0.25, 0.3) is 0 Å². The summed E-state index contributed by atoms with van der Waals surface area (Å²) in [7, 11) is 0. The van der Waals surface area contributed by atoms with Crippen LogP contribution in [-0.4, -0.2) is 18.0 Å². The Labute approximate surface area is 64.9 Å². The van der Waals surface area contributed by atoms with Gasteiger partial charge in [0.1, 0.15) is 0 Å². The summed E-state index contributed by atoms with van der Waals surface area (Å²) in [5.74, 6) is 0.826. The van der Waals surface area contributed by atoms with Crippen LogP contribution in [0.25, 0.3) is 0 Å². The lowest BCUT2D eigenvalue weighted by Gasteiger charge is -2.01. The molecule has 0 spiro atoms. The van der Waals surface area contributed by atoms with Crippen molar-refractivity contribution in [2.75, 3.05) is 11.9 Å². The van der Waals surface area contributed by atoms with Gasteiger partial charge in [-0.3, -0.25) is 0 Å². The highest BCUT2D eigenvalue weighted by atomic mass is 79.9. The van der Waals surface area contributed by atoms with Crippen molar-refractivity contribution in [1.82, 2.24) is 0 Å². The normalized spacial score (nSPS) is 35.3. The summed E-state index contributed by atoms with van der Waals surface area (Å²) in [4.78, 5) is 0. The fraction of sp³-hybridized carbons (Fsp3) is 1.00. The van der Waals surface area contributed by atoms with E-state index in [0.717, 1.165) is 17.9 Å². The van der Waals surface area contributed by atoms with Gasteiger partial charge in [0, 0.05) is 11.9 Å². The van der Waals surface area contributed by atoms with Gasteiger partial charge in [0.05, 0.1) is 6.10 Å². The fourth-order valence-corrected chi connectivity index (χ4v) is 1.62. The molecule has 0 bridgehead atoms. The third-order valence-electron chi connectivity index (χ3n) is 1.91. The predicted octanol–water partition coefficient (Wildman–Crippen LogP) is 2.20. The second-order valence-electron chi connectivity index (χ2n) is 2.62. The number of rotatable bonds is 2. The number of hydrogen-bond acceptors (Lipinski definition) is 1. The van der Waals surface area contributed by atoms with Crippen molar-refractivity contribution in [1.29, 1.82) is 0 Å². The minimum atomic E-state index is 0.495. The van der Waals surface area contributed by atoms with Gasteiger partial charge in [-0.05, 0) is 12.3 Å². The first-order valence-corrected chi connectivity index (χ1v) is 4.66. The third-order valence-corrected chi connectivity index (χ3v) is 2.64. The summed E-state index contributed by atoms with van der Waals surface area (Å²) >= 11 is 3.41. The maximum absolute atomic E-state index is 5.46. The number of alkyl halides is 1. The Morgan fingerprint density at radius 1 is 1.67 bits per heavy atom. The van der Waals surface area contributed by atoms with Crippen molar-refractivity contribution < 1.29 is 4.74 Å². The Morgan fingerprint density at radius 3 is 2.78 bits per heavy atom. The van der Waals surface area contributed by atoms with E-state index < -0.39 is 0 Å². The highest BCUT2D eigenvalue weighted by Crippen LogP contribution is 2.22. The first kappa shape index (κ1) is 7.55. The molecule has 0 aromatic rings. The van der Waals surface area contributed by atoms with Crippen LogP contribution in [0.4, 0.5) is 0 Å². The first-order chi connectivity index (χ1) is 4.36. The standard InChI is InChI=1S/C7H13BrO/c1-2-6-3-7(4-8)9-5-6/h6-7H,2-5H2,1H3/t6-,7-/m1/s1. The van der Waals surface area contributed by atoms with E-state index in [4.69, 9.17) is 4.74 Å². The molecule has 0 aliphatic carbocycles. The minimum absolute atomic E-state index is 0.495. The Hall–Kier alpha value is 0.440. The van der Waals surface area contributed by atoms with Crippen LogP contribution in [0.1, 0.15) is 19.8 Å². The first-order valence-electron chi connectivity index (χ1n) is 3.54. The van der Waals surface area contributed by atoms with Crippen molar-refractivity contribution in [3.63, 3.8) is 0 Å². The quantitative estimate of drug-likeness (QED) is 0.611. The van der Waals surface area contributed by atoms with Crippen molar-refractivity contribution in [2.24, 2.45) is 5.92 Å². The number of hydrogen-bond donors (Lipinski definition) is 0. The maximum atomic E-state index is 5.46. The van der Waals surface area contributed by atoms with Crippen LogP contribution in [0.15, 0.2) is 0 Å². The second kappa shape index (κ2) is 3.57. The molecule has 0 unspecified atom stereocenters. The zero-order valence-electron chi connectivity index (χ0n) is 5.77. The van der Waals surface area contributed by atoms with Gasteiger partial charge in [-0.15, -0.1) is 0 Å². The van der Waals surface area contributed by atoms with E-state index in [1.807, 2.05) is 0 Å². The van der Waals surface area contributed by atoms with E-state index in [9.17, 15) is 0 Å². The molecule has 0 amide bonds. The van der Waals surface area contributed by atoms with Gasteiger partial charge in [0.2, 0.25) is 0 Å². The molecule has 2 heteroatoms. The van der Waals surface area contributed by atoms with Gasteiger partial charge in [-0.2, -0.15) is 0 Å². The average Bonchev–Trinajstić information content (AvgIpc) is 2.34. The Kier molecular flexibility index (Phi) is 2.99. The van der Waals surface area contributed by atoms with Crippen molar-refractivity contribution in [3.8, 4) is 0 Å². The Morgan fingerprint density at radius 2 is 2.44 bits per heavy atom.